The Kier molecular flexibility index (Phi) is 2.94. The highest BCUT2D eigenvalue weighted by Gasteiger charge is 2.34. The zero-order valence-corrected chi connectivity index (χ0v) is 11.0. The first kappa shape index (κ1) is 11.8. The Bertz CT molecular complexity index is 494. The number of ketones is 1. The molecule has 0 amide bonds. The van der Waals surface area contributed by atoms with Gasteiger partial charge in [0, 0.05) is 17.5 Å². The number of hydrogen-bond acceptors (Lipinski definition) is 3. The van der Waals surface area contributed by atoms with Crippen LogP contribution in [-0.4, -0.2) is 19.0 Å². The van der Waals surface area contributed by atoms with E-state index >= 15 is 0 Å². The van der Waals surface area contributed by atoms with Gasteiger partial charge in [0.1, 0.15) is 13.2 Å². The summed E-state index contributed by atoms with van der Waals surface area (Å²) in [4.78, 5) is 12.4. The monoisotopic (exact) mass is 266 g/mol. The number of fused-ring (bicyclic) bond motifs is 1. The average molecular weight is 267 g/mol. The van der Waals surface area contributed by atoms with Gasteiger partial charge in [0.05, 0.1) is 5.02 Å². The molecule has 1 aliphatic carbocycles. The predicted octanol–water partition coefficient (Wildman–Crippen LogP) is 3.34. The standard InChI is InChI=1S/C14H15ClO3/c1-8(9-2-3-9)14(16)10-6-12-13(7-11(10)15)18-5-4-17-12/h6-9H,2-5H2,1H3. The number of halogens is 1. The first-order valence-corrected chi connectivity index (χ1v) is 6.68. The molecule has 18 heavy (non-hydrogen) atoms. The fourth-order valence-electron chi connectivity index (χ4n) is 2.31. The van der Waals surface area contributed by atoms with Gasteiger partial charge in [-0.1, -0.05) is 18.5 Å². The Morgan fingerprint density at radius 1 is 1.28 bits per heavy atom. The summed E-state index contributed by atoms with van der Waals surface area (Å²) in [5, 5.41) is 0.455. The molecule has 1 atom stereocenters. The smallest absolute Gasteiger partial charge is 0.167 e. The summed E-state index contributed by atoms with van der Waals surface area (Å²) in [5.74, 6) is 1.94. The second-order valence-corrected chi connectivity index (χ2v) is 5.37. The Morgan fingerprint density at radius 3 is 2.50 bits per heavy atom. The molecule has 3 nitrogen and oxygen atoms in total. The van der Waals surface area contributed by atoms with Gasteiger partial charge < -0.3 is 9.47 Å². The van der Waals surface area contributed by atoms with E-state index in [4.69, 9.17) is 21.1 Å². The Morgan fingerprint density at radius 2 is 1.89 bits per heavy atom. The van der Waals surface area contributed by atoms with Gasteiger partial charge in [0.2, 0.25) is 0 Å². The van der Waals surface area contributed by atoms with Crippen LogP contribution in [-0.2, 0) is 0 Å². The molecule has 1 saturated carbocycles. The summed E-state index contributed by atoms with van der Waals surface area (Å²) in [7, 11) is 0. The van der Waals surface area contributed by atoms with Crippen LogP contribution in [0.5, 0.6) is 11.5 Å². The largest absolute Gasteiger partial charge is 0.486 e. The van der Waals surface area contributed by atoms with Gasteiger partial charge in [-0.25, -0.2) is 0 Å². The van der Waals surface area contributed by atoms with Gasteiger partial charge in [-0.15, -0.1) is 0 Å². The van der Waals surface area contributed by atoms with Crippen molar-refractivity contribution in [2.24, 2.45) is 11.8 Å². The molecule has 2 aliphatic rings. The molecule has 1 heterocycles. The second-order valence-electron chi connectivity index (χ2n) is 4.97. The number of benzene rings is 1. The van der Waals surface area contributed by atoms with Crippen LogP contribution in [0.3, 0.4) is 0 Å². The minimum absolute atomic E-state index is 0.0464. The summed E-state index contributed by atoms with van der Waals surface area (Å²) >= 11 is 6.17. The number of Topliss-reactive ketones (excluding diaryl/α,β-unsaturated/α-hetero) is 1. The van der Waals surface area contributed by atoms with Crippen LogP contribution in [0, 0.1) is 11.8 Å². The van der Waals surface area contributed by atoms with E-state index in [2.05, 4.69) is 0 Å². The first-order valence-electron chi connectivity index (χ1n) is 6.30. The second kappa shape index (κ2) is 4.47. The third-order valence-electron chi connectivity index (χ3n) is 3.64. The molecule has 0 saturated heterocycles. The van der Waals surface area contributed by atoms with Crippen LogP contribution in [0.25, 0.3) is 0 Å². The van der Waals surface area contributed by atoms with Crippen molar-refractivity contribution in [1.29, 1.82) is 0 Å². The summed E-state index contributed by atoms with van der Waals surface area (Å²) in [5.41, 5.74) is 0.556. The Labute approximate surface area is 111 Å². The maximum atomic E-state index is 12.4. The van der Waals surface area contributed by atoms with Gasteiger partial charge in [-0.05, 0) is 24.8 Å². The number of rotatable bonds is 3. The van der Waals surface area contributed by atoms with Crippen molar-refractivity contribution < 1.29 is 14.3 Å². The first-order chi connectivity index (χ1) is 8.66. The lowest BCUT2D eigenvalue weighted by molar-refractivity contribution is 0.0915. The van der Waals surface area contributed by atoms with Crippen LogP contribution in [0.15, 0.2) is 12.1 Å². The minimum atomic E-state index is 0.0464. The Balaban J connectivity index is 1.93. The van der Waals surface area contributed by atoms with E-state index in [9.17, 15) is 4.79 Å². The molecule has 1 unspecified atom stereocenters. The Hall–Kier alpha value is -1.22. The third kappa shape index (κ3) is 2.07. The van der Waals surface area contributed by atoms with Crippen molar-refractivity contribution in [2.45, 2.75) is 19.8 Å². The topological polar surface area (TPSA) is 35.5 Å². The van der Waals surface area contributed by atoms with Gasteiger partial charge in [0.15, 0.2) is 17.3 Å². The fraction of sp³-hybridized carbons (Fsp3) is 0.500. The molecular formula is C14H15ClO3. The van der Waals surface area contributed by atoms with Crippen molar-refractivity contribution >= 4 is 17.4 Å². The van der Waals surface area contributed by atoms with Crippen molar-refractivity contribution in [3.8, 4) is 11.5 Å². The molecule has 0 N–H and O–H groups in total. The van der Waals surface area contributed by atoms with Crippen LogP contribution in [0.1, 0.15) is 30.1 Å². The highest BCUT2D eigenvalue weighted by molar-refractivity contribution is 6.34. The number of carbonyl (C=O) groups excluding carboxylic acids is 1. The molecule has 0 bridgehead atoms. The fourth-order valence-corrected chi connectivity index (χ4v) is 2.56. The highest BCUT2D eigenvalue weighted by atomic mass is 35.5. The maximum absolute atomic E-state index is 12.4. The normalized spacial score (nSPS) is 19.4. The van der Waals surface area contributed by atoms with Crippen molar-refractivity contribution in [2.75, 3.05) is 13.2 Å². The zero-order valence-electron chi connectivity index (χ0n) is 10.2. The molecular weight excluding hydrogens is 252 g/mol. The lowest BCUT2D eigenvalue weighted by Crippen LogP contribution is -2.18. The van der Waals surface area contributed by atoms with Gasteiger partial charge in [0.25, 0.3) is 0 Å². The molecule has 96 valence electrons. The summed E-state index contributed by atoms with van der Waals surface area (Å²) in [6.07, 6.45) is 2.30. The highest BCUT2D eigenvalue weighted by Crippen LogP contribution is 2.41. The van der Waals surface area contributed by atoms with Crippen LogP contribution in [0.4, 0.5) is 0 Å². The van der Waals surface area contributed by atoms with E-state index in [1.54, 1.807) is 12.1 Å². The molecule has 0 radical (unpaired) electrons. The lowest BCUT2D eigenvalue weighted by Gasteiger charge is -2.20. The van der Waals surface area contributed by atoms with E-state index in [1.165, 1.54) is 0 Å². The molecule has 1 aliphatic heterocycles. The third-order valence-corrected chi connectivity index (χ3v) is 3.95. The van der Waals surface area contributed by atoms with E-state index in [0.29, 0.717) is 41.2 Å². The molecule has 0 spiro atoms. The van der Waals surface area contributed by atoms with Crippen LogP contribution < -0.4 is 9.47 Å². The molecule has 1 aromatic rings. The van der Waals surface area contributed by atoms with Crippen LogP contribution >= 0.6 is 11.6 Å². The molecule has 3 rings (SSSR count). The lowest BCUT2D eigenvalue weighted by atomic mass is 9.95. The van der Waals surface area contributed by atoms with Crippen molar-refractivity contribution in [1.82, 2.24) is 0 Å². The summed E-state index contributed by atoms with van der Waals surface area (Å²) in [6, 6.07) is 3.40. The molecule has 0 aromatic heterocycles. The van der Waals surface area contributed by atoms with E-state index in [1.807, 2.05) is 6.92 Å². The number of hydrogen-bond donors (Lipinski definition) is 0. The quantitative estimate of drug-likeness (QED) is 0.787. The van der Waals surface area contributed by atoms with Gasteiger partial charge in [-0.3, -0.25) is 4.79 Å². The number of carbonyl (C=O) groups is 1. The van der Waals surface area contributed by atoms with E-state index < -0.39 is 0 Å². The van der Waals surface area contributed by atoms with Crippen molar-refractivity contribution in [3.05, 3.63) is 22.7 Å². The molecule has 1 fully saturated rings. The summed E-state index contributed by atoms with van der Waals surface area (Å²) in [6.45, 7) is 3.02. The SMILES string of the molecule is CC(C(=O)c1cc2c(cc1Cl)OCCO2)C1CC1. The maximum Gasteiger partial charge on any atom is 0.167 e. The van der Waals surface area contributed by atoms with E-state index in [0.717, 1.165) is 12.8 Å². The van der Waals surface area contributed by atoms with Gasteiger partial charge >= 0.3 is 0 Å². The van der Waals surface area contributed by atoms with Gasteiger partial charge in [-0.2, -0.15) is 0 Å². The zero-order chi connectivity index (χ0) is 12.7. The minimum Gasteiger partial charge on any atom is -0.486 e. The number of ether oxygens (including phenoxy) is 2. The van der Waals surface area contributed by atoms with Crippen LogP contribution in [0.2, 0.25) is 5.02 Å². The molecule has 4 heteroatoms. The molecule has 1 aromatic carbocycles. The average Bonchev–Trinajstić information content (AvgIpc) is 3.20. The summed E-state index contributed by atoms with van der Waals surface area (Å²) < 4.78 is 10.9. The van der Waals surface area contributed by atoms with E-state index in [-0.39, 0.29) is 11.7 Å². The van der Waals surface area contributed by atoms with Crippen molar-refractivity contribution in [3.63, 3.8) is 0 Å². The predicted molar refractivity (Wildman–Crippen MR) is 68.7 cm³/mol.